The van der Waals surface area contributed by atoms with Crippen molar-refractivity contribution in [2.24, 2.45) is 0 Å². The molecule has 1 heterocycles. The third-order valence-electron chi connectivity index (χ3n) is 4.44. The molecular weight excluding hydrogens is 430 g/mol. The molecule has 9 heteroatoms. The highest BCUT2D eigenvalue weighted by Crippen LogP contribution is 2.37. The average Bonchev–Trinajstić information content (AvgIpc) is 2.80. The van der Waals surface area contributed by atoms with Crippen molar-refractivity contribution in [3.05, 3.63) is 84.9 Å². The molecule has 32 heavy (non-hydrogen) atoms. The van der Waals surface area contributed by atoms with Gasteiger partial charge in [-0.05, 0) is 36.4 Å². The number of para-hydroxylation sites is 2. The summed E-state index contributed by atoms with van der Waals surface area (Å²) < 4.78 is 38.9. The number of ether oxygens (including phenoxy) is 2. The molecule has 0 atom stereocenters. The fourth-order valence-corrected chi connectivity index (χ4v) is 3.91. The van der Waals surface area contributed by atoms with E-state index in [2.05, 4.69) is 14.7 Å². The molecule has 0 amide bonds. The Morgan fingerprint density at radius 1 is 0.875 bits per heavy atom. The van der Waals surface area contributed by atoms with Crippen LogP contribution in [0.2, 0.25) is 0 Å². The second-order valence-corrected chi connectivity index (χ2v) is 8.29. The number of nitrogens with zero attached hydrogens (tertiary/aromatic N) is 2. The first kappa shape index (κ1) is 21.1. The summed E-state index contributed by atoms with van der Waals surface area (Å²) in [7, 11) is -2.51. The molecule has 0 aliphatic carbocycles. The summed E-state index contributed by atoms with van der Waals surface area (Å²) in [6, 6.07) is 23.2. The first-order valence-electron chi connectivity index (χ1n) is 9.52. The maximum Gasteiger partial charge on any atom is 0.264 e. The smallest absolute Gasteiger partial charge is 0.264 e. The first-order valence-corrected chi connectivity index (χ1v) is 11.0. The van der Waals surface area contributed by atoms with Crippen LogP contribution in [0.25, 0.3) is 11.3 Å². The summed E-state index contributed by atoms with van der Waals surface area (Å²) in [6.45, 7) is 0. The summed E-state index contributed by atoms with van der Waals surface area (Å²) in [6.07, 6.45) is 0. The van der Waals surface area contributed by atoms with E-state index in [9.17, 15) is 13.5 Å². The topological polar surface area (TPSA) is 111 Å². The van der Waals surface area contributed by atoms with E-state index >= 15 is 0 Å². The number of rotatable bonds is 7. The van der Waals surface area contributed by atoms with Crippen LogP contribution < -0.4 is 14.2 Å². The molecule has 0 unspecified atom stereocenters. The third-order valence-corrected chi connectivity index (χ3v) is 5.79. The van der Waals surface area contributed by atoms with Gasteiger partial charge in [0.25, 0.3) is 10.0 Å². The molecule has 0 spiro atoms. The zero-order chi connectivity index (χ0) is 22.6. The van der Waals surface area contributed by atoms with E-state index in [0.29, 0.717) is 11.3 Å². The Kier molecular flexibility index (Phi) is 5.91. The van der Waals surface area contributed by atoms with Crippen LogP contribution in [0.15, 0.2) is 89.8 Å². The van der Waals surface area contributed by atoms with E-state index in [-0.39, 0.29) is 33.9 Å². The SMILES string of the molecule is COc1cccc(-c2cc(Oc3ccccc3)nc(NS(=O)(=O)c3ccccc3)n2)c1O. The number of anilines is 1. The lowest BCUT2D eigenvalue weighted by Crippen LogP contribution is -2.15. The van der Waals surface area contributed by atoms with Crippen LogP contribution in [0.4, 0.5) is 5.95 Å². The summed E-state index contributed by atoms with van der Waals surface area (Å²) in [5.41, 5.74) is 0.568. The molecule has 0 aliphatic rings. The number of benzene rings is 3. The number of methoxy groups -OCH3 is 1. The number of aromatic nitrogens is 2. The van der Waals surface area contributed by atoms with Gasteiger partial charge in [-0.3, -0.25) is 0 Å². The Balaban J connectivity index is 1.79. The van der Waals surface area contributed by atoms with Crippen molar-refractivity contribution < 1.29 is 23.0 Å². The average molecular weight is 449 g/mol. The van der Waals surface area contributed by atoms with Gasteiger partial charge in [-0.15, -0.1) is 0 Å². The largest absolute Gasteiger partial charge is 0.504 e. The van der Waals surface area contributed by atoms with Crippen LogP contribution in [-0.2, 0) is 10.0 Å². The molecule has 0 saturated heterocycles. The van der Waals surface area contributed by atoms with Gasteiger partial charge in [-0.25, -0.2) is 18.1 Å². The molecule has 0 fully saturated rings. The number of aromatic hydroxyl groups is 1. The van der Waals surface area contributed by atoms with Crippen molar-refractivity contribution >= 4 is 16.0 Å². The molecule has 4 rings (SSSR count). The maximum absolute atomic E-state index is 12.8. The van der Waals surface area contributed by atoms with Gasteiger partial charge in [0, 0.05) is 11.6 Å². The van der Waals surface area contributed by atoms with Crippen LogP contribution in [0.1, 0.15) is 0 Å². The van der Waals surface area contributed by atoms with Gasteiger partial charge in [0.05, 0.1) is 17.7 Å². The molecule has 0 bridgehead atoms. The van der Waals surface area contributed by atoms with Crippen molar-refractivity contribution in [3.8, 4) is 34.4 Å². The summed E-state index contributed by atoms with van der Waals surface area (Å²) >= 11 is 0. The van der Waals surface area contributed by atoms with E-state index < -0.39 is 10.0 Å². The minimum atomic E-state index is -3.94. The highest BCUT2D eigenvalue weighted by molar-refractivity contribution is 7.92. The van der Waals surface area contributed by atoms with E-state index in [4.69, 9.17) is 9.47 Å². The zero-order valence-electron chi connectivity index (χ0n) is 17.0. The minimum absolute atomic E-state index is 0.0590. The second-order valence-electron chi connectivity index (χ2n) is 6.61. The number of phenols is 1. The Morgan fingerprint density at radius 3 is 2.25 bits per heavy atom. The van der Waals surface area contributed by atoms with Gasteiger partial charge in [0.1, 0.15) is 5.75 Å². The summed E-state index contributed by atoms with van der Waals surface area (Å²) in [5.74, 6) is 0.492. The van der Waals surface area contributed by atoms with E-state index in [1.807, 2.05) is 6.07 Å². The molecule has 0 radical (unpaired) electrons. The molecule has 3 aromatic carbocycles. The molecule has 162 valence electrons. The Labute approximate surface area is 185 Å². The predicted octanol–water partition coefficient (Wildman–Crippen LogP) is 4.45. The lowest BCUT2D eigenvalue weighted by molar-refractivity contribution is 0.374. The quantitative estimate of drug-likeness (QED) is 0.429. The first-order chi connectivity index (χ1) is 15.5. The van der Waals surface area contributed by atoms with Crippen molar-refractivity contribution in [3.63, 3.8) is 0 Å². The Morgan fingerprint density at radius 2 is 1.56 bits per heavy atom. The second kappa shape index (κ2) is 8.94. The maximum atomic E-state index is 12.8. The van der Waals surface area contributed by atoms with Crippen LogP contribution in [0.5, 0.6) is 23.1 Å². The van der Waals surface area contributed by atoms with Gasteiger partial charge in [-0.1, -0.05) is 42.5 Å². The van der Waals surface area contributed by atoms with Crippen LogP contribution in [0.3, 0.4) is 0 Å². The van der Waals surface area contributed by atoms with Crippen LogP contribution in [-0.4, -0.2) is 30.6 Å². The Bertz CT molecular complexity index is 1330. The summed E-state index contributed by atoms with van der Waals surface area (Å²) in [5, 5.41) is 10.6. The molecule has 4 aromatic rings. The monoisotopic (exact) mass is 449 g/mol. The highest BCUT2D eigenvalue weighted by Gasteiger charge is 2.19. The van der Waals surface area contributed by atoms with Gasteiger partial charge in [0.2, 0.25) is 11.8 Å². The van der Waals surface area contributed by atoms with Crippen LogP contribution in [0, 0.1) is 0 Å². The van der Waals surface area contributed by atoms with E-state index in [1.165, 1.54) is 25.3 Å². The lowest BCUT2D eigenvalue weighted by Gasteiger charge is -2.13. The number of hydrogen-bond donors (Lipinski definition) is 2. The molecule has 8 nitrogen and oxygen atoms in total. The normalized spacial score (nSPS) is 11.0. The number of sulfonamides is 1. The van der Waals surface area contributed by atoms with Crippen molar-refractivity contribution in [2.75, 3.05) is 11.8 Å². The lowest BCUT2D eigenvalue weighted by atomic mass is 10.1. The van der Waals surface area contributed by atoms with E-state index in [1.54, 1.807) is 60.7 Å². The molecule has 0 aliphatic heterocycles. The molecule has 1 aromatic heterocycles. The molecule has 2 N–H and O–H groups in total. The number of phenolic OH excluding ortho intramolecular Hbond substituents is 1. The fourth-order valence-electron chi connectivity index (χ4n) is 2.94. The van der Waals surface area contributed by atoms with Gasteiger partial charge in [-0.2, -0.15) is 4.98 Å². The van der Waals surface area contributed by atoms with Gasteiger partial charge >= 0.3 is 0 Å². The van der Waals surface area contributed by atoms with Crippen molar-refractivity contribution in [1.29, 1.82) is 0 Å². The minimum Gasteiger partial charge on any atom is -0.504 e. The van der Waals surface area contributed by atoms with E-state index in [0.717, 1.165) is 0 Å². The molecule has 0 saturated carbocycles. The predicted molar refractivity (Wildman–Crippen MR) is 119 cm³/mol. The Hall–Kier alpha value is -4.11. The van der Waals surface area contributed by atoms with Gasteiger partial charge < -0.3 is 14.6 Å². The van der Waals surface area contributed by atoms with Gasteiger partial charge in [0.15, 0.2) is 11.5 Å². The number of nitrogens with one attached hydrogen (secondary N) is 1. The fraction of sp³-hybridized carbons (Fsp3) is 0.0435. The third kappa shape index (κ3) is 4.62. The van der Waals surface area contributed by atoms with Crippen LogP contribution >= 0.6 is 0 Å². The number of hydrogen-bond acceptors (Lipinski definition) is 7. The van der Waals surface area contributed by atoms with Crippen molar-refractivity contribution in [1.82, 2.24) is 9.97 Å². The zero-order valence-corrected chi connectivity index (χ0v) is 17.8. The molecular formula is C23H19N3O5S. The van der Waals surface area contributed by atoms with Crippen molar-refractivity contribution in [2.45, 2.75) is 4.90 Å². The standard InChI is InChI=1S/C23H19N3O5S/c1-30-20-14-8-13-18(22(20)27)19-15-21(31-16-9-4-2-5-10-16)25-23(24-19)26-32(28,29)17-11-6-3-7-12-17/h2-15,27H,1H3,(H,24,25,26). The highest BCUT2D eigenvalue weighted by atomic mass is 32.2. The summed E-state index contributed by atoms with van der Waals surface area (Å²) in [4.78, 5) is 8.55.